The standard InChI is InChI=1S/C48H30BNO2/c1-2-10-35(11-3-1)49-43-25-20-33(34-22-27-48-42(30-34)39-14-6-9-17-46(39)52-48)28-40(43)37-12-4-7-15-44(37)50(49)36-23-18-31(19-24-36)32-21-26-47-41(29-32)38-13-5-8-16-45(38)51-47/h1-30H. The first-order valence-corrected chi connectivity index (χ1v) is 17.8. The van der Waals surface area contributed by atoms with Crippen LogP contribution in [0.25, 0.3) is 77.3 Å². The summed E-state index contributed by atoms with van der Waals surface area (Å²) in [6, 6.07) is 65.3. The van der Waals surface area contributed by atoms with Crippen molar-refractivity contribution in [2.45, 2.75) is 0 Å². The number of nitrogens with zero attached hydrogens (tertiary/aromatic N) is 1. The second-order valence-corrected chi connectivity index (χ2v) is 13.7. The third kappa shape index (κ3) is 4.48. The molecule has 0 saturated heterocycles. The number of para-hydroxylation sites is 3. The molecule has 1 aliphatic heterocycles. The predicted molar refractivity (Wildman–Crippen MR) is 217 cm³/mol. The van der Waals surface area contributed by atoms with Crippen LogP contribution in [0.1, 0.15) is 0 Å². The quantitative estimate of drug-likeness (QED) is 0.176. The van der Waals surface area contributed by atoms with Crippen LogP contribution in [-0.2, 0) is 0 Å². The van der Waals surface area contributed by atoms with Gasteiger partial charge in [-0.05, 0) is 93.9 Å². The van der Waals surface area contributed by atoms with Crippen LogP contribution in [-0.4, -0.2) is 6.85 Å². The van der Waals surface area contributed by atoms with Gasteiger partial charge in [-0.15, -0.1) is 0 Å². The van der Waals surface area contributed by atoms with Crippen LogP contribution in [0.5, 0.6) is 0 Å². The van der Waals surface area contributed by atoms with Crippen molar-refractivity contribution in [1.29, 1.82) is 0 Å². The number of benzene rings is 8. The Morgan fingerprint density at radius 2 is 0.885 bits per heavy atom. The van der Waals surface area contributed by atoms with Crippen LogP contribution in [0.2, 0.25) is 0 Å². The Labute approximate surface area is 301 Å². The van der Waals surface area contributed by atoms with E-state index in [-0.39, 0.29) is 6.85 Å². The number of rotatable bonds is 4. The van der Waals surface area contributed by atoms with Gasteiger partial charge in [0.1, 0.15) is 22.3 Å². The maximum atomic E-state index is 6.15. The summed E-state index contributed by atoms with van der Waals surface area (Å²) in [5, 5.41) is 4.56. The van der Waals surface area contributed by atoms with E-state index in [1.54, 1.807) is 0 Å². The Morgan fingerprint density at radius 1 is 0.365 bits per heavy atom. The minimum absolute atomic E-state index is 0.0139. The van der Waals surface area contributed by atoms with E-state index in [0.717, 1.165) is 49.6 Å². The molecule has 3 nitrogen and oxygen atoms in total. The fourth-order valence-corrected chi connectivity index (χ4v) is 8.28. The average molecular weight is 664 g/mol. The van der Waals surface area contributed by atoms with E-state index in [2.05, 4.69) is 163 Å². The van der Waals surface area contributed by atoms with Gasteiger partial charge in [-0.1, -0.05) is 127 Å². The lowest BCUT2D eigenvalue weighted by Gasteiger charge is -2.39. The smallest absolute Gasteiger partial charge is 0.328 e. The van der Waals surface area contributed by atoms with Crippen molar-refractivity contribution in [2.75, 3.05) is 4.81 Å². The fourth-order valence-electron chi connectivity index (χ4n) is 8.28. The molecule has 3 heterocycles. The van der Waals surface area contributed by atoms with Gasteiger partial charge in [0.15, 0.2) is 0 Å². The zero-order valence-corrected chi connectivity index (χ0v) is 28.2. The van der Waals surface area contributed by atoms with E-state index in [1.807, 2.05) is 24.3 Å². The number of hydrogen-bond donors (Lipinski definition) is 0. The summed E-state index contributed by atoms with van der Waals surface area (Å²) >= 11 is 0. The summed E-state index contributed by atoms with van der Waals surface area (Å²) in [5.74, 6) is 0. The van der Waals surface area contributed by atoms with Crippen LogP contribution in [0, 0.1) is 0 Å². The molecule has 0 atom stereocenters. The Balaban J connectivity index is 1.03. The van der Waals surface area contributed by atoms with Crippen LogP contribution in [0.15, 0.2) is 191 Å². The van der Waals surface area contributed by atoms with Crippen molar-refractivity contribution in [3.63, 3.8) is 0 Å². The molecule has 0 radical (unpaired) electrons. The molecular weight excluding hydrogens is 633 g/mol. The molecule has 2 aromatic heterocycles. The molecule has 0 spiro atoms. The van der Waals surface area contributed by atoms with Crippen LogP contribution < -0.4 is 15.7 Å². The molecular formula is C48H30BNO2. The minimum Gasteiger partial charge on any atom is -0.456 e. The lowest BCUT2D eigenvalue weighted by atomic mass is 9.45. The summed E-state index contributed by atoms with van der Waals surface area (Å²) in [6.07, 6.45) is 0. The lowest BCUT2D eigenvalue weighted by Crippen LogP contribution is -2.57. The van der Waals surface area contributed by atoms with Crippen LogP contribution >= 0.6 is 0 Å². The Bertz CT molecular complexity index is 2980. The zero-order valence-electron chi connectivity index (χ0n) is 28.2. The highest BCUT2D eigenvalue weighted by Crippen LogP contribution is 2.42. The van der Waals surface area contributed by atoms with Gasteiger partial charge in [-0.2, -0.15) is 0 Å². The third-order valence-electron chi connectivity index (χ3n) is 10.7. The van der Waals surface area contributed by atoms with Crippen molar-refractivity contribution in [1.82, 2.24) is 0 Å². The molecule has 52 heavy (non-hydrogen) atoms. The summed E-state index contributed by atoms with van der Waals surface area (Å²) < 4.78 is 12.3. The topological polar surface area (TPSA) is 29.5 Å². The summed E-state index contributed by atoms with van der Waals surface area (Å²) in [4.78, 5) is 2.51. The first-order valence-electron chi connectivity index (χ1n) is 17.8. The van der Waals surface area contributed by atoms with E-state index < -0.39 is 0 Å². The molecule has 0 unspecified atom stereocenters. The van der Waals surface area contributed by atoms with E-state index in [9.17, 15) is 0 Å². The van der Waals surface area contributed by atoms with E-state index in [0.29, 0.717) is 0 Å². The summed E-state index contributed by atoms with van der Waals surface area (Å²) in [6.45, 7) is -0.0139. The van der Waals surface area contributed by atoms with Gasteiger partial charge >= 0.3 is 6.85 Å². The molecule has 0 fully saturated rings. The van der Waals surface area contributed by atoms with Crippen molar-refractivity contribution >= 4 is 73.0 Å². The first-order chi connectivity index (χ1) is 25.8. The Hall–Kier alpha value is -6.78. The number of anilines is 2. The van der Waals surface area contributed by atoms with Gasteiger partial charge in [0, 0.05) is 38.5 Å². The van der Waals surface area contributed by atoms with Gasteiger partial charge in [0.2, 0.25) is 0 Å². The Kier molecular flexibility index (Phi) is 6.35. The number of fused-ring (bicyclic) bond motifs is 9. The maximum absolute atomic E-state index is 6.15. The molecule has 11 rings (SSSR count). The van der Waals surface area contributed by atoms with Crippen molar-refractivity contribution in [3.05, 3.63) is 182 Å². The van der Waals surface area contributed by atoms with Crippen molar-refractivity contribution in [2.24, 2.45) is 0 Å². The molecule has 4 heteroatoms. The molecule has 0 bridgehead atoms. The van der Waals surface area contributed by atoms with Crippen molar-refractivity contribution in [3.8, 4) is 33.4 Å². The fraction of sp³-hybridized carbons (Fsp3) is 0. The molecule has 1 aliphatic rings. The highest BCUT2D eigenvalue weighted by atomic mass is 16.3. The molecule has 8 aromatic carbocycles. The zero-order chi connectivity index (χ0) is 34.2. The molecule has 0 saturated carbocycles. The number of furan rings is 2. The number of hydrogen-bond acceptors (Lipinski definition) is 3. The minimum atomic E-state index is -0.0139. The highest BCUT2D eigenvalue weighted by molar-refractivity contribution is 6.90. The molecule has 0 N–H and O–H groups in total. The third-order valence-corrected chi connectivity index (χ3v) is 10.7. The summed E-state index contributed by atoms with van der Waals surface area (Å²) in [5.41, 5.74) is 15.7. The Morgan fingerprint density at radius 3 is 1.58 bits per heavy atom. The van der Waals surface area contributed by atoms with Gasteiger partial charge < -0.3 is 13.6 Å². The van der Waals surface area contributed by atoms with E-state index in [4.69, 9.17) is 8.83 Å². The largest absolute Gasteiger partial charge is 0.456 e. The van der Waals surface area contributed by atoms with Crippen LogP contribution in [0.4, 0.5) is 11.4 Å². The van der Waals surface area contributed by atoms with Gasteiger partial charge in [-0.25, -0.2) is 0 Å². The van der Waals surface area contributed by atoms with E-state index in [1.165, 1.54) is 50.0 Å². The maximum Gasteiger partial charge on any atom is 0.328 e. The van der Waals surface area contributed by atoms with Gasteiger partial charge in [0.25, 0.3) is 0 Å². The van der Waals surface area contributed by atoms with Crippen LogP contribution in [0.3, 0.4) is 0 Å². The average Bonchev–Trinajstić information content (AvgIpc) is 3.78. The monoisotopic (exact) mass is 663 g/mol. The molecule has 0 amide bonds. The SMILES string of the molecule is c1ccc(B2c3ccc(-c4ccc5oc6ccccc6c5c4)cc3-c3ccccc3N2c2ccc(-c3ccc4oc5ccccc5c4c3)cc2)cc1. The second kappa shape index (κ2) is 11.4. The van der Waals surface area contributed by atoms with Crippen molar-refractivity contribution < 1.29 is 8.83 Å². The van der Waals surface area contributed by atoms with E-state index >= 15 is 0 Å². The lowest BCUT2D eigenvalue weighted by molar-refractivity contribution is 0.668. The van der Waals surface area contributed by atoms with Gasteiger partial charge in [-0.3, -0.25) is 0 Å². The molecule has 0 aliphatic carbocycles. The molecule has 10 aromatic rings. The highest BCUT2D eigenvalue weighted by Gasteiger charge is 2.37. The normalized spacial score (nSPS) is 12.5. The second-order valence-electron chi connectivity index (χ2n) is 13.7. The van der Waals surface area contributed by atoms with Gasteiger partial charge in [0.05, 0.1) is 0 Å². The first kappa shape index (κ1) is 29.0. The molecule has 242 valence electrons. The summed E-state index contributed by atoms with van der Waals surface area (Å²) in [7, 11) is 0. The predicted octanol–water partition coefficient (Wildman–Crippen LogP) is 11.7.